The molecule has 12 heteroatoms. The lowest BCUT2D eigenvalue weighted by molar-refractivity contribution is -0.504. The van der Waals surface area contributed by atoms with Gasteiger partial charge in [-0.2, -0.15) is 4.90 Å². The van der Waals surface area contributed by atoms with Crippen molar-refractivity contribution in [3.63, 3.8) is 0 Å². The minimum Gasteiger partial charge on any atom is -0.504 e. The number of fused-ring (bicyclic) bond motifs is 3. The number of phenols is 3. The van der Waals surface area contributed by atoms with Gasteiger partial charge in [0.15, 0.2) is 11.5 Å². The van der Waals surface area contributed by atoms with Crippen molar-refractivity contribution in [1.82, 2.24) is 4.90 Å². The second-order valence-corrected chi connectivity index (χ2v) is 8.29. The summed E-state index contributed by atoms with van der Waals surface area (Å²) in [4.78, 5) is 0.137. The first-order valence-electron chi connectivity index (χ1n) is 9.29. The number of rotatable bonds is 3. The Bertz CT molecular complexity index is 851. The maximum Gasteiger partial charge on any atom is 0.291 e. The van der Waals surface area contributed by atoms with Gasteiger partial charge in [-0.15, -0.1) is 0 Å². The fraction of sp³-hybridized carbons (Fsp3) is 0.667. The molecule has 12 nitrogen and oxygen atoms in total. The fourth-order valence-corrected chi connectivity index (χ4v) is 4.59. The number of aliphatic hydroxyl groups excluding tert-OH is 1. The van der Waals surface area contributed by atoms with Gasteiger partial charge in [0, 0.05) is 5.56 Å². The summed E-state index contributed by atoms with van der Waals surface area (Å²) in [5.41, 5.74) is -1.68. The Labute approximate surface area is 171 Å². The number of nitrogens with zero attached hydrogens (tertiary/aromatic N) is 1. The smallest absolute Gasteiger partial charge is 0.291 e. The van der Waals surface area contributed by atoms with Crippen molar-refractivity contribution in [3.8, 4) is 23.0 Å². The van der Waals surface area contributed by atoms with E-state index in [9.17, 15) is 51.1 Å². The highest BCUT2D eigenvalue weighted by Crippen LogP contribution is 2.62. The van der Waals surface area contributed by atoms with Gasteiger partial charge in [0.1, 0.15) is 0 Å². The first kappa shape index (κ1) is 22.8. The highest BCUT2D eigenvalue weighted by atomic mass is 16.6. The van der Waals surface area contributed by atoms with Gasteiger partial charge < -0.3 is 55.8 Å². The van der Waals surface area contributed by atoms with Crippen LogP contribution in [0.3, 0.4) is 0 Å². The zero-order chi connectivity index (χ0) is 23.0. The van der Waals surface area contributed by atoms with E-state index < -0.39 is 76.2 Å². The maximum atomic E-state index is 10.8. The molecule has 1 aromatic rings. The van der Waals surface area contributed by atoms with Crippen LogP contribution >= 0.6 is 0 Å². The molecule has 3 unspecified atom stereocenters. The molecule has 1 saturated heterocycles. The second-order valence-electron chi connectivity index (χ2n) is 8.29. The average molecular weight is 433 g/mol. The third-order valence-corrected chi connectivity index (χ3v) is 5.92. The van der Waals surface area contributed by atoms with Crippen LogP contribution in [0.25, 0.3) is 0 Å². The lowest BCUT2D eigenvalue weighted by Gasteiger charge is -2.59. The van der Waals surface area contributed by atoms with Gasteiger partial charge in [-0.05, 0) is 18.8 Å². The summed E-state index contributed by atoms with van der Waals surface area (Å²) in [6.07, 6.45) is -1.84. The quantitative estimate of drug-likeness (QED) is 0.142. The van der Waals surface area contributed by atoms with Crippen molar-refractivity contribution in [2.75, 3.05) is 7.11 Å². The van der Waals surface area contributed by atoms with Crippen LogP contribution in [-0.2, 0) is 5.79 Å². The van der Waals surface area contributed by atoms with E-state index in [2.05, 4.69) is 0 Å². The zero-order valence-corrected chi connectivity index (χ0v) is 16.6. The average Bonchev–Trinajstić information content (AvgIpc) is 2.59. The molecule has 2 aliphatic rings. The number of ether oxygens (including phenoxy) is 1. The molecular weight excluding hydrogens is 406 g/mol. The number of hydrogen-bond donors (Lipinski definition) is 10. The van der Waals surface area contributed by atoms with Gasteiger partial charge in [0.05, 0.1) is 30.7 Å². The normalized spacial score (nSPS) is 29.4. The highest BCUT2D eigenvalue weighted by Gasteiger charge is 2.70. The molecule has 0 bridgehead atoms. The van der Waals surface area contributed by atoms with Gasteiger partial charge >= 0.3 is 0 Å². The van der Waals surface area contributed by atoms with Gasteiger partial charge in [0.25, 0.3) is 11.7 Å². The summed E-state index contributed by atoms with van der Waals surface area (Å²) < 4.78 is 4.82. The van der Waals surface area contributed by atoms with Crippen molar-refractivity contribution >= 4 is 0 Å². The minimum absolute atomic E-state index is 0.0142. The van der Waals surface area contributed by atoms with Crippen LogP contribution in [0, 0.1) is 11.8 Å². The molecule has 2 heterocycles. The number of hydrogen-bond acceptors (Lipinski definition) is 12. The molecule has 3 rings (SSSR count). The molecule has 0 saturated carbocycles. The van der Waals surface area contributed by atoms with E-state index in [1.165, 1.54) is 0 Å². The topological polar surface area (TPSA) is 215 Å². The van der Waals surface area contributed by atoms with Crippen molar-refractivity contribution < 1.29 is 55.8 Å². The van der Waals surface area contributed by atoms with Crippen LogP contribution < -0.4 is 4.74 Å². The summed E-state index contributed by atoms with van der Waals surface area (Å²) in [6, 6.07) is -1.64. The predicted octanol–water partition coefficient (Wildman–Crippen LogP) is -1.99. The first-order chi connectivity index (χ1) is 13.6. The number of aliphatic hydroxyl groups is 7. The van der Waals surface area contributed by atoms with Gasteiger partial charge in [-0.1, -0.05) is 13.8 Å². The van der Waals surface area contributed by atoms with Crippen LogP contribution in [0.15, 0.2) is 0 Å². The summed E-state index contributed by atoms with van der Waals surface area (Å²) in [5, 5.41) is 106. The lowest BCUT2D eigenvalue weighted by atomic mass is 9.73. The molecule has 0 amide bonds. The van der Waals surface area contributed by atoms with Crippen LogP contribution in [0.1, 0.15) is 43.9 Å². The highest BCUT2D eigenvalue weighted by molar-refractivity contribution is 5.68. The number of aromatic hydroxyl groups is 3. The van der Waals surface area contributed by atoms with Gasteiger partial charge in [0.2, 0.25) is 17.4 Å². The van der Waals surface area contributed by atoms with Gasteiger partial charge in [-0.25, -0.2) is 0 Å². The molecule has 10 N–H and O–H groups in total. The van der Waals surface area contributed by atoms with E-state index in [1.54, 1.807) is 13.8 Å². The van der Waals surface area contributed by atoms with E-state index in [1.807, 2.05) is 0 Å². The van der Waals surface area contributed by atoms with Crippen molar-refractivity contribution in [3.05, 3.63) is 11.1 Å². The fourth-order valence-electron chi connectivity index (χ4n) is 4.59. The number of benzene rings is 1. The summed E-state index contributed by atoms with van der Waals surface area (Å²) >= 11 is 0. The lowest BCUT2D eigenvalue weighted by Crippen LogP contribution is -2.77. The van der Waals surface area contributed by atoms with Crippen molar-refractivity contribution in [2.24, 2.45) is 11.8 Å². The standard InChI is InChI=1S/C18H27NO11/c1-6(2)4-7-9(20)5-8-10-11(13(22)14(23)15(30-3)12(10)21)16(24,25)18(28,29)19(8)17(7,26)27/h6-9,20-29H,4-5H2,1-3H3. The Morgan fingerprint density at radius 2 is 1.57 bits per heavy atom. The van der Waals surface area contributed by atoms with Crippen molar-refractivity contribution in [1.29, 1.82) is 0 Å². The SMILES string of the molecule is COc1c(O)c(O)c2c(c1O)C1CC(O)C(CC(C)C)C(O)(O)N1C(O)(O)C2(O)O. The van der Waals surface area contributed by atoms with E-state index in [-0.39, 0.29) is 17.2 Å². The van der Waals surface area contributed by atoms with E-state index in [4.69, 9.17) is 4.74 Å². The third kappa shape index (κ3) is 2.77. The Kier molecular flexibility index (Phi) is 5.16. The summed E-state index contributed by atoms with van der Waals surface area (Å²) in [7, 11) is 1.03. The van der Waals surface area contributed by atoms with Crippen LogP contribution in [0.4, 0.5) is 0 Å². The molecule has 170 valence electrons. The summed E-state index contributed by atoms with van der Waals surface area (Å²) in [5.74, 6) is -16.3. The van der Waals surface area contributed by atoms with Crippen molar-refractivity contribution in [2.45, 2.75) is 56.4 Å². The Balaban J connectivity index is 2.35. The largest absolute Gasteiger partial charge is 0.504 e. The van der Waals surface area contributed by atoms with Crippen LogP contribution in [0.2, 0.25) is 0 Å². The number of piperidine rings is 1. The molecule has 0 spiro atoms. The Morgan fingerprint density at radius 1 is 1.00 bits per heavy atom. The Morgan fingerprint density at radius 3 is 2.07 bits per heavy atom. The third-order valence-electron chi connectivity index (χ3n) is 5.92. The molecule has 2 aliphatic heterocycles. The summed E-state index contributed by atoms with van der Waals surface area (Å²) in [6.45, 7) is 3.46. The molecular formula is C18H27NO11. The monoisotopic (exact) mass is 433 g/mol. The van der Waals surface area contributed by atoms with Gasteiger partial charge in [-0.3, -0.25) is 0 Å². The molecule has 0 aromatic heterocycles. The molecule has 0 aliphatic carbocycles. The minimum atomic E-state index is -3.82. The van der Waals surface area contributed by atoms with Crippen LogP contribution in [0.5, 0.6) is 23.0 Å². The Hall–Kier alpha value is -1.90. The molecule has 0 radical (unpaired) electrons. The number of methoxy groups -OCH3 is 1. The molecule has 1 fully saturated rings. The molecule has 30 heavy (non-hydrogen) atoms. The number of phenolic OH excluding ortho intramolecular Hbond substituents is 3. The van der Waals surface area contributed by atoms with Crippen LogP contribution in [-0.4, -0.2) is 81.0 Å². The first-order valence-corrected chi connectivity index (χ1v) is 9.29. The molecule has 1 aromatic carbocycles. The maximum absolute atomic E-state index is 10.8. The van der Waals surface area contributed by atoms with E-state index >= 15 is 0 Å². The van der Waals surface area contributed by atoms with E-state index in [0.29, 0.717) is 0 Å². The zero-order valence-electron chi connectivity index (χ0n) is 16.6. The van der Waals surface area contributed by atoms with E-state index in [0.717, 1.165) is 7.11 Å². The molecule has 3 atom stereocenters. The predicted molar refractivity (Wildman–Crippen MR) is 96.6 cm³/mol. The second kappa shape index (κ2) is 6.80.